The van der Waals surface area contributed by atoms with E-state index < -0.39 is 0 Å². The Balaban J connectivity index is 2.02. The molecule has 0 aromatic rings. The van der Waals surface area contributed by atoms with E-state index in [1.807, 2.05) is 6.92 Å². The summed E-state index contributed by atoms with van der Waals surface area (Å²) < 4.78 is 5.80. The summed E-state index contributed by atoms with van der Waals surface area (Å²) in [4.78, 5) is 0. The van der Waals surface area contributed by atoms with Gasteiger partial charge in [-0.2, -0.15) is 0 Å². The molecule has 3 heteroatoms. The SMILES string of the molecule is C=C1NC2CNCCC2OC1C. The smallest absolute Gasteiger partial charge is 0.0940 e. The molecule has 2 aliphatic heterocycles. The van der Waals surface area contributed by atoms with Gasteiger partial charge in [-0.05, 0) is 19.9 Å². The van der Waals surface area contributed by atoms with Crippen molar-refractivity contribution in [1.82, 2.24) is 10.6 Å². The van der Waals surface area contributed by atoms with E-state index in [0.29, 0.717) is 12.1 Å². The summed E-state index contributed by atoms with van der Waals surface area (Å²) in [6.07, 6.45) is 1.66. The molecule has 12 heavy (non-hydrogen) atoms. The van der Waals surface area contributed by atoms with Crippen LogP contribution >= 0.6 is 0 Å². The lowest BCUT2D eigenvalue weighted by molar-refractivity contribution is -0.0447. The Morgan fingerprint density at radius 3 is 3.25 bits per heavy atom. The fraction of sp³-hybridized carbons (Fsp3) is 0.778. The minimum absolute atomic E-state index is 0.171. The molecule has 0 radical (unpaired) electrons. The lowest BCUT2D eigenvalue weighted by Gasteiger charge is -2.41. The highest BCUT2D eigenvalue weighted by molar-refractivity contribution is 5.07. The van der Waals surface area contributed by atoms with Gasteiger partial charge >= 0.3 is 0 Å². The minimum atomic E-state index is 0.171. The summed E-state index contributed by atoms with van der Waals surface area (Å²) in [5, 5.41) is 6.72. The van der Waals surface area contributed by atoms with E-state index in [2.05, 4.69) is 17.2 Å². The van der Waals surface area contributed by atoms with Crippen LogP contribution in [0.2, 0.25) is 0 Å². The molecule has 0 bridgehead atoms. The van der Waals surface area contributed by atoms with Crippen LogP contribution in [0.25, 0.3) is 0 Å². The maximum atomic E-state index is 5.80. The summed E-state index contributed by atoms with van der Waals surface area (Å²) in [5.74, 6) is 0. The Bertz CT molecular complexity index is 193. The second kappa shape index (κ2) is 3.07. The van der Waals surface area contributed by atoms with Crippen molar-refractivity contribution in [2.45, 2.75) is 31.6 Å². The number of hydrogen-bond donors (Lipinski definition) is 2. The van der Waals surface area contributed by atoms with Crippen molar-refractivity contribution in [1.29, 1.82) is 0 Å². The lowest BCUT2D eigenvalue weighted by Crippen LogP contribution is -2.58. The standard InChI is InChI=1S/C9H16N2O/c1-6-7(2)12-9-3-4-10-5-8(9)11-6/h7-11H,1,3-5H2,2H3. The topological polar surface area (TPSA) is 33.3 Å². The maximum Gasteiger partial charge on any atom is 0.0940 e. The largest absolute Gasteiger partial charge is 0.380 e. The third-order valence-electron chi connectivity index (χ3n) is 2.66. The van der Waals surface area contributed by atoms with Crippen molar-refractivity contribution in [3.8, 4) is 0 Å². The quantitative estimate of drug-likeness (QED) is 0.543. The molecule has 0 aromatic heterocycles. The summed E-state index contributed by atoms with van der Waals surface area (Å²) in [7, 11) is 0. The number of piperidine rings is 1. The second-order valence-electron chi connectivity index (χ2n) is 3.59. The zero-order chi connectivity index (χ0) is 8.55. The van der Waals surface area contributed by atoms with E-state index in [0.717, 1.165) is 25.2 Å². The molecule has 2 fully saturated rings. The number of nitrogens with one attached hydrogen (secondary N) is 2. The van der Waals surface area contributed by atoms with E-state index >= 15 is 0 Å². The summed E-state index contributed by atoms with van der Waals surface area (Å²) in [6.45, 7) is 8.04. The zero-order valence-corrected chi connectivity index (χ0v) is 7.47. The Morgan fingerprint density at radius 1 is 1.58 bits per heavy atom. The van der Waals surface area contributed by atoms with Crippen LogP contribution < -0.4 is 10.6 Å². The number of rotatable bonds is 0. The molecule has 0 saturated carbocycles. The maximum absolute atomic E-state index is 5.80. The highest BCUT2D eigenvalue weighted by atomic mass is 16.5. The molecular formula is C9H16N2O. The fourth-order valence-corrected chi connectivity index (χ4v) is 1.84. The van der Waals surface area contributed by atoms with Crippen molar-refractivity contribution < 1.29 is 4.74 Å². The van der Waals surface area contributed by atoms with Crippen LogP contribution in [0.1, 0.15) is 13.3 Å². The van der Waals surface area contributed by atoms with Gasteiger partial charge < -0.3 is 15.4 Å². The summed E-state index contributed by atoms with van der Waals surface area (Å²) in [5.41, 5.74) is 1.01. The Labute approximate surface area is 73.2 Å². The van der Waals surface area contributed by atoms with Crippen molar-refractivity contribution in [3.05, 3.63) is 12.3 Å². The van der Waals surface area contributed by atoms with Crippen LogP contribution in [0.3, 0.4) is 0 Å². The van der Waals surface area contributed by atoms with Crippen molar-refractivity contribution >= 4 is 0 Å². The molecule has 0 amide bonds. The molecule has 0 aromatic carbocycles. The van der Waals surface area contributed by atoms with Crippen LogP contribution in [0, 0.1) is 0 Å². The average molecular weight is 168 g/mol. The molecule has 2 heterocycles. The van der Waals surface area contributed by atoms with E-state index in [-0.39, 0.29) is 6.10 Å². The van der Waals surface area contributed by atoms with E-state index in [1.54, 1.807) is 0 Å². The van der Waals surface area contributed by atoms with Gasteiger partial charge in [0.1, 0.15) is 0 Å². The Morgan fingerprint density at radius 2 is 2.42 bits per heavy atom. The third kappa shape index (κ3) is 1.34. The van der Waals surface area contributed by atoms with Gasteiger partial charge in [0.05, 0.1) is 18.2 Å². The first kappa shape index (κ1) is 8.08. The third-order valence-corrected chi connectivity index (χ3v) is 2.66. The summed E-state index contributed by atoms with van der Waals surface area (Å²) in [6, 6.07) is 0.433. The second-order valence-corrected chi connectivity index (χ2v) is 3.59. The molecule has 68 valence electrons. The number of morpholine rings is 1. The summed E-state index contributed by atoms with van der Waals surface area (Å²) >= 11 is 0. The highest BCUT2D eigenvalue weighted by Crippen LogP contribution is 2.19. The number of ether oxygens (including phenoxy) is 1. The van der Waals surface area contributed by atoms with Gasteiger partial charge in [-0.15, -0.1) is 0 Å². The van der Waals surface area contributed by atoms with Crippen molar-refractivity contribution in [2.24, 2.45) is 0 Å². The van der Waals surface area contributed by atoms with E-state index in [1.165, 1.54) is 0 Å². The zero-order valence-electron chi connectivity index (χ0n) is 7.47. The molecule has 0 spiro atoms. The van der Waals surface area contributed by atoms with Crippen LogP contribution in [0.4, 0.5) is 0 Å². The van der Waals surface area contributed by atoms with Crippen molar-refractivity contribution in [3.63, 3.8) is 0 Å². The van der Waals surface area contributed by atoms with Crippen molar-refractivity contribution in [2.75, 3.05) is 13.1 Å². The molecule has 2 N–H and O–H groups in total. The first-order valence-electron chi connectivity index (χ1n) is 4.59. The van der Waals surface area contributed by atoms with Gasteiger partial charge in [-0.3, -0.25) is 0 Å². The normalized spacial score (nSPS) is 41.8. The first-order valence-corrected chi connectivity index (χ1v) is 4.59. The lowest BCUT2D eigenvalue weighted by atomic mass is 10.0. The minimum Gasteiger partial charge on any atom is -0.380 e. The van der Waals surface area contributed by atoms with E-state index in [9.17, 15) is 0 Å². The molecule has 3 atom stereocenters. The number of hydrogen-bond acceptors (Lipinski definition) is 3. The molecule has 2 saturated heterocycles. The molecule has 2 rings (SSSR count). The van der Waals surface area contributed by atoms with Crippen LogP contribution in [-0.2, 0) is 4.74 Å². The van der Waals surface area contributed by atoms with Gasteiger partial charge in [-0.1, -0.05) is 6.58 Å². The molecule has 3 nitrogen and oxygen atoms in total. The number of fused-ring (bicyclic) bond motifs is 1. The van der Waals surface area contributed by atoms with Crippen LogP contribution in [0.5, 0.6) is 0 Å². The monoisotopic (exact) mass is 168 g/mol. The highest BCUT2D eigenvalue weighted by Gasteiger charge is 2.32. The van der Waals surface area contributed by atoms with Gasteiger partial charge in [-0.25, -0.2) is 0 Å². The van der Waals surface area contributed by atoms with Crippen LogP contribution in [-0.4, -0.2) is 31.3 Å². The van der Waals surface area contributed by atoms with Gasteiger partial charge in [0.25, 0.3) is 0 Å². The van der Waals surface area contributed by atoms with Gasteiger partial charge in [0.2, 0.25) is 0 Å². The molecule has 2 aliphatic rings. The first-order chi connectivity index (χ1) is 5.77. The average Bonchev–Trinajstić information content (AvgIpc) is 2.07. The molecule has 3 unspecified atom stereocenters. The Kier molecular flexibility index (Phi) is 2.07. The predicted molar refractivity (Wildman–Crippen MR) is 47.9 cm³/mol. The van der Waals surface area contributed by atoms with Gasteiger partial charge in [0.15, 0.2) is 0 Å². The predicted octanol–water partition coefficient (Wildman–Crippen LogP) is 0.239. The Hall–Kier alpha value is -0.540. The van der Waals surface area contributed by atoms with E-state index in [4.69, 9.17) is 4.74 Å². The van der Waals surface area contributed by atoms with Gasteiger partial charge in [0, 0.05) is 12.2 Å². The molecular weight excluding hydrogens is 152 g/mol. The van der Waals surface area contributed by atoms with Crippen LogP contribution in [0.15, 0.2) is 12.3 Å². The fourth-order valence-electron chi connectivity index (χ4n) is 1.84. The molecule has 0 aliphatic carbocycles.